The highest BCUT2D eigenvalue weighted by Crippen LogP contribution is 2.50. The Kier molecular flexibility index (Phi) is 10.8. The molecule has 0 unspecified atom stereocenters. The topological polar surface area (TPSA) is 151 Å². The smallest absolute Gasteiger partial charge is 0.474 e. The molecular weight excluding hydrogens is 621 g/mol. The lowest BCUT2D eigenvalue weighted by atomic mass is 9.85. The molecule has 45 heavy (non-hydrogen) atoms. The van der Waals surface area contributed by atoms with Gasteiger partial charge in [0.2, 0.25) is 11.9 Å². The first-order valence-corrected chi connectivity index (χ1v) is 18.8. The van der Waals surface area contributed by atoms with Gasteiger partial charge in [0.1, 0.15) is 21.4 Å². The van der Waals surface area contributed by atoms with E-state index in [9.17, 15) is 17.8 Å². The van der Waals surface area contributed by atoms with Crippen molar-refractivity contribution in [3.63, 3.8) is 0 Å². The molecule has 1 aromatic carbocycles. The van der Waals surface area contributed by atoms with Crippen LogP contribution in [0.4, 0.5) is 5.95 Å². The number of ether oxygens (including phenoxy) is 1. The summed E-state index contributed by atoms with van der Waals surface area (Å²) in [5.41, 5.74) is 0.918. The predicted octanol–water partition coefficient (Wildman–Crippen LogP) is 4.61. The fourth-order valence-electron chi connectivity index (χ4n) is 5.97. The van der Waals surface area contributed by atoms with E-state index in [1.165, 1.54) is 20.5 Å². The van der Waals surface area contributed by atoms with Crippen LogP contribution in [0.2, 0.25) is 0 Å². The molecule has 2 fully saturated rings. The molecule has 1 saturated carbocycles. The van der Waals surface area contributed by atoms with Crippen LogP contribution in [0.5, 0.6) is 5.75 Å². The monoisotopic (exact) mass is 663 g/mol. The van der Waals surface area contributed by atoms with Crippen LogP contribution in [0, 0.1) is 5.92 Å². The number of nitrogens with one attached hydrogen (secondary N) is 1. The standard InChI is InChI=1S/C30H42N5O8PS/c1-40-44(37,41-2)43-24-13-17-34(18-14-24)29(36)22-8-10-23(11-9-22)32-30-31-16-12-28(33-30)35-19-15-25-26(35)6-4-7-27(25)42-20-5-21-45(3,38)39/h4,6-7,12,15-16,19,22-24H,5,8-11,13-14,17-18,20-21H2,1-3H3,(H,31,32,33). The third kappa shape index (κ3) is 8.62. The molecule has 3 heterocycles. The Bertz CT molecular complexity index is 1610. The summed E-state index contributed by atoms with van der Waals surface area (Å²) in [4.78, 5) is 24.4. The van der Waals surface area contributed by atoms with Gasteiger partial charge >= 0.3 is 7.82 Å². The van der Waals surface area contributed by atoms with Crippen LogP contribution < -0.4 is 10.1 Å². The van der Waals surface area contributed by atoms with Gasteiger partial charge in [0.15, 0.2) is 0 Å². The number of aromatic nitrogens is 3. The molecule has 1 amide bonds. The Morgan fingerprint density at radius 1 is 1.04 bits per heavy atom. The largest absolute Gasteiger partial charge is 0.493 e. The molecule has 0 bridgehead atoms. The number of carbonyl (C=O) groups is 1. The van der Waals surface area contributed by atoms with E-state index in [1.54, 1.807) is 6.20 Å². The highest BCUT2D eigenvalue weighted by Gasteiger charge is 2.35. The summed E-state index contributed by atoms with van der Waals surface area (Å²) < 4.78 is 58.3. The van der Waals surface area contributed by atoms with Gasteiger partial charge in [-0.15, -0.1) is 0 Å². The van der Waals surface area contributed by atoms with E-state index in [-0.39, 0.29) is 29.7 Å². The minimum absolute atomic E-state index is 0.0224. The number of nitrogens with zero attached hydrogens (tertiary/aromatic N) is 4. The zero-order chi connectivity index (χ0) is 32.0. The van der Waals surface area contributed by atoms with Gasteiger partial charge in [-0.3, -0.25) is 18.4 Å². The van der Waals surface area contributed by atoms with Crippen molar-refractivity contribution in [2.24, 2.45) is 5.92 Å². The Balaban J connectivity index is 1.13. The Morgan fingerprint density at radius 3 is 2.47 bits per heavy atom. The molecule has 2 aromatic heterocycles. The molecule has 5 rings (SSSR count). The van der Waals surface area contributed by atoms with Crippen molar-refractivity contribution in [3.05, 3.63) is 42.7 Å². The van der Waals surface area contributed by atoms with Crippen molar-refractivity contribution in [1.82, 2.24) is 19.4 Å². The van der Waals surface area contributed by atoms with Crippen LogP contribution in [0.1, 0.15) is 44.9 Å². The molecule has 1 saturated heterocycles. The molecule has 1 N–H and O–H groups in total. The van der Waals surface area contributed by atoms with Gasteiger partial charge in [-0.05, 0) is 69.2 Å². The summed E-state index contributed by atoms with van der Waals surface area (Å²) in [6, 6.07) is 9.73. The van der Waals surface area contributed by atoms with Crippen LogP contribution in [0.25, 0.3) is 16.7 Å². The zero-order valence-corrected chi connectivity index (χ0v) is 27.7. The van der Waals surface area contributed by atoms with Gasteiger partial charge in [-0.25, -0.2) is 18.0 Å². The van der Waals surface area contributed by atoms with Crippen molar-refractivity contribution in [2.45, 2.75) is 57.1 Å². The molecule has 1 aliphatic carbocycles. The molecule has 246 valence electrons. The number of anilines is 1. The SMILES string of the molecule is COP(=O)(OC)OC1CCN(C(=O)C2CCC(Nc3nccc(-n4ccc5c(OCCCS(C)(=O)=O)cccc54)n3)CC2)CC1. The van der Waals surface area contributed by atoms with E-state index in [0.29, 0.717) is 56.5 Å². The fourth-order valence-corrected chi connectivity index (χ4v) is 7.51. The molecule has 15 heteroatoms. The van der Waals surface area contributed by atoms with Crippen molar-refractivity contribution in [1.29, 1.82) is 0 Å². The minimum Gasteiger partial charge on any atom is -0.493 e. The lowest BCUT2D eigenvalue weighted by Crippen LogP contribution is -2.44. The summed E-state index contributed by atoms with van der Waals surface area (Å²) in [5.74, 6) is 2.17. The maximum atomic E-state index is 13.2. The zero-order valence-electron chi connectivity index (χ0n) is 26.0. The molecule has 2 aliphatic rings. The first-order valence-electron chi connectivity index (χ1n) is 15.3. The quantitative estimate of drug-likeness (QED) is 0.202. The van der Waals surface area contributed by atoms with E-state index in [1.807, 2.05) is 46.0 Å². The summed E-state index contributed by atoms with van der Waals surface area (Å²) in [6.45, 7) is 1.43. The number of rotatable bonds is 13. The van der Waals surface area contributed by atoms with Crippen LogP contribution in [-0.2, 0) is 32.8 Å². The van der Waals surface area contributed by atoms with E-state index in [4.69, 9.17) is 23.3 Å². The summed E-state index contributed by atoms with van der Waals surface area (Å²) >= 11 is 0. The highest BCUT2D eigenvalue weighted by atomic mass is 32.2. The van der Waals surface area contributed by atoms with Crippen molar-refractivity contribution < 1.29 is 36.1 Å². The molecule has 3 aromatic rings. The first kappa shape index (κ1) is 33.3. The van der Waals surface area contributed by atoms with Gasteiger partial charge in [0.05, 0.1) is 24.0 Å². The Labute approximate surface area is 264 Å². The van der Waals surface area contributed by atoms with Gasteiger partial charge in [-0.1, -0.05) is 6.07 Å². The van der Waals surface area contributed by atoms with Crippen molar-refractivity contribution in [2.75, 3.05) is 51.2 Å². The number of phosphoric acid groups is 1. The van der Waals surface area contributed by atoms with Gasteiger partial charge < -0.3 is 19.5 Å². The number of carbonyl (C=O) groups excluding carboxylic acids is 1. The molecule has 13 nitrogen and oxygen atoms in total. The number of phosphoric ester groups is 1. The number of fused-ring (bicyclic) bond motifs is 1. The maximum Gasteiger partial charge on any atom is 0.474 e. The number of hydrogen-bond donors (Lipinski definition) is 1. The van der Waals surface area contributed by atoms with Crippen molar-refractivity contribution in [3.8, 4) is 11.6 Å². The number of benzene rings is 1. The normalized spacial score (nSPS) is 19.9. The van der Waals surface area contributed by atoms with Gasteiger partial charge in [0.25, 0.3) is 0 Å². The second-order valence-corrected chi connectivity index (χ2v) is 15.7. The molecule has 0 spiro atoms. The van der Waals surface area contributed by atoms with Crippen LogP contribution in [-0.4, -0.2) is 91.8 Å². The summed E-state index contributed by atoms with van der Waals surface area (Å²) in [5, 5.41) is 4.38. The van der Waals surface area contributed by atoms with E-state index in [0.717, 1.165) is 36.6 Å². The highest BCUT2D eigenvalue weighted by molar-refractivity contribution is 7.90. The fraction of sp³-hybridized carbons (Fsp3) is 0.567. The minimum atomic E-state index is -3.54. The second-order valence-electron chi connectivity index (χ2n) is 11.6. The van der Waals surface area contributed by atoms with E-state index in [2.05, 4.69) is 10.3 Å². The summed E-state index contributed by atoms with van der Waals surface area (Å²) in [6.07, 6.45) is 9.44. The average Bonchev–Trinajstić information content (AvgIpc) is 3.48. The lowest BCUT2D eigenvalue weighted by Gasteiger charge is -2.36. The molecule has 0 atom stereocenters. The first-order chi connectivity index (χ1) is 21.6. The Morgan fingerprint density at radius 2 is 1.78 bits per heavy atom. The second kappa shape index (κ2) is 14.6. The van der Waals surface area contributed by atoms with Gasteiger partial charge in [-0.2, -0.15) is 4.98 Å². The van der Waals surface area contributed by atoms with E-state index < -0.39 is 17.7 Å². The number of sulfone groups is 1. The molecule has 1 aliphatic heterocycles. The van der Waals surface area contributed by atoms with Crippen LogP contribution in [0.3, 0.4) is 0 Å². The lowest BCUT2D eigenvalue weighted by molar-refractivity contribution is -0.138. The molecule has 0 radical (unpaired) electrons. The number of hydrogen-bond acceptors (Lipinski definition) is 11. The number of piperidine rings is 1. The average molecular weight is 664 g/mol. The summed E-state index contributed by atoms with van der Waals surface area (Å²) in [7, 11) is -3.97. The third-order valence-corrected chi connectivity index (χ3v) is 10.9. The number of likely N-dealkylation sites (tertiary alicyclic amines) is 1. The third-order valence-electron chi connectivity index (χ3n) is 8.39. The van der Waals surface area contributed by atoms with E-state index >= 15 is 0 Å². The molecular formula is C30H42N5O8PS. The van der Waals surface area contributed by atoms with Crippen LogP contribution >= 0.6 is 7.82 Å². The van der Waals surface area contributed by atoms with Crippen LogP contribution in [0.15, 0.2) is 42.7 Å². The number of amides is 1. The maximum absolute atomic E-state index is 13.2. The van der Waals surface area contributed by atoms with Gasteiger partial charge in [0, 0.05) is 63.3 Å². The van der Waals surface area contributed by atoms with Crippen molar-refractivity contribution >= 4 is 40.4 Å². The Hall–Kier alpha value is -3.03. The predicted molar refractivity (Wildman–Crippen MR) is 170 cm³/mol.